The summed E-state index contributed by atoms with van der Waals surface area (Å²) in [6.07, 6.45) is 6.47. The van der Waals surface area contributed by atoms with Crippen molar-refractivity contribution in [1.82, 2.24) is 0 Å². The monoisotopic (exact) mass is 276 g/mol. The van der Waals surface area contributed by atoms with Crippen molar-refractivity contribution in [2.24, 2.45) is 31.8 Å². The normalized spacial score (nSPS) is 23.8. The molecule has 0 spiro atoms. The minimum absolute atomic E-state index is 0.178. The van der Waals surface area contributed by atoms with Gasteiger partial charge in [0.25, 0.3) is 0 Å². The zero-order valence-corrected chi connectivity index (χ0v) is 10.6. The molecule has 0 saturated heterocycles. The maximum absolute atomic E-state index is 10.3. The Balaban J connectivity index is 2.88. The van der Waals surface area contributed by atoms with E-state index in [0.29, 0.717) is 19.3 Å². The van der Waals surface area contributed by atoms with E-state index < -0.39 is 12.3 Å². The molecule has 0 amide bonds. The molecule has 1 aliphatic carbocycles. The van der Waals surface area contributed by atoms with Crippen LogP contribution in [0.15, 0.2) is 20.0 Å². The SMILES string of the molecule is O=C=NC(N=C=O)C1CCCC(C(N=C=O)N=C=O)C1. The smallest absolute Gasteiger partial charge is 0.211 e. The van der Waals surface area contributed by atoms with E-state index in [1.165, 1.54) is 24.3 Å². The number of aliphatic imine (C=N–C) groups is 4. The number of carbonyl (C=O) groups excluding carboxylic acids is 4. The van der Waals surface area contributed by atoms with Gasteiger partial charge in [0.2, 0.25) is 24.3 Å². The van der Waals surface area contributed by atoms with Crippen LogP contribution in [-0.2, 0) is 19.2 Å². The number of nitrogens with zero attached hydrogens (tertiary/aromatic N) is 4. The highest BCUT2D eigenvalue weighted by atomic mass is 16.1. The van der Waals surface area contributed by atoms with Crippen LogP contribution >= 0.6 is 0 Å². The molecule has 8 heteroatoms. The topological polar surface area (TPSA) is 118 Å². The van der Waals surface area contributed by atoms with Gasteiger partial charge < -0.3 is 0 Å². The second-order valence-corrected chi connectivity index (χ2v) is 4.40. The van der Waals surface area contributed by atoms with Gasteiger partial charge in [-0.2, -0.15) is 20.0 Å². The Morgan fingerprint density at radius 3 is 1.35 bits per heavy atom. The van der Waals surface area contributed by atoms with E-state index in [9.17, 15) is 19.2 Å². The van der Waals surface area contributed by atoms with Gasteiger partial charge in [0.05, 0.1) is 0 Å². The van der Waals surface area contributed by atoms with Gasteiger partial charge in [0, 0.05) is 11.8 Å². The number of hydrogen-bond acceptors (Lipinski definition) is 8. The molecular weight excluding hydrogens is 264 g/mol. The Bertz CT molecular complexity index is 442. The zero-order chi connectivity index (χ0) is 14.8. The first kappa shape index (κ1) is 15.6. The van der Waals surface area contributed by atoms with Crippen LogP contribution in [-0.4, -0.2) is 36.7 Å². The lowest BCUT2D eigenvalue weighted by atomic mass is 9.78. The highest BCUT2D eigenvalue weighted by Crippen LogP contribution is 2.35. The maximum Gasteiger partial charge on any atom is 0.237 e. The van der Waals surface area contributed by atoms with Crippen molar-refractivity contribution in [3.63, 3.8) is 0 Å². The van der Waals surface area contributed by atoms with E-state index in [1.54, 1.807) is 0 Å². The second kappa shape index (κ2) is 8.59. The zero-order valence-electron chi connectivity index (χ0n) is 10.6. The van der Waals surface area contributed by atoms with Gasteiger partial charge in [-0.25, -0.2) is 19.2 Å². The fourth-order valence-corrected chi connectivity index (χ4v) is 2.50. The van der Waals surface area contributed by atoms with Crippen molar-refractivity contribution in [2.45, 2.75) is 38.0 Å². The van der Waals surface area contributed by atoms with Gasteiger partial charge in [-0.1, -0.05) is 6.42 Å². The van der Waals surface area contributed by atoms with Gasteiger partial charge in [-0.3, -0.25) is 0 Å². The first-order chi connectivity index (χ1) is 9.76. The lowest BCUT2D eigenvalue weighted by Gasteiger charge is -2.31. The van der Waals surface area contributed by atoms with Gasteiger partial charge in [0.15, 0.2) is 12.3 Å². The lowest BCUT2D eigenvalue weighted by molar-refractivity contribution is 0.214. The van der Waals surface area contributed by atoms with Crippen molar-refractivity contribution in [1.29, 1.82) is 0 Å². The molecule has 0 heterocycles. The molecule has 0 N–H and O–H groups in total. The van der Waals surface area contributed by atoms with Gasteiger partial charge in [0.1, 0.15) is 0 Å². The van der Waals surface area contributed by atoms with Crippen molar-refractivity contribution in [2.75, 3.05) is 0 Å². The van der Waals surface area contributed by atoms with Gasteiger partial charge in [-0.15, -0.1) is 0 Å². The quantitative estimate of drug-likeness (QED) is 0.526. The largest absolute Gasteiger partial charge is 0.237 e. The Kier molecular flexibility index (Phi) is 6.69. The Morgan fingerprint density at radius 1 is 0.700 bits per heavy atom. The van der Waals surface area contributed by atoms with Gasteiger partial charge >= 0.3 is 0 Å². The maximum atomic E-state index is 10.3. The Hall–Kier alpha value is -2.48. The number of hydrogen-bond donors (Lipinski definition) is 0. The molecule has 0 aromatic heterocycles. The first-order valence-electron chi connectivity index (χ1n) is 6.04. The molecule has 0 aromatic rings. The molecule has 0 aromatic carbocycles. The summed E-state index contributed by atoms with van der Waals surface area (Å²) >= 11 is 0. The summed E-state index contributed by atoms with van der Waals surface area (Å²) in [6.45, 7) is 0. The first-order valence-corrected chi connectivity index (χ1v) is 6.04. The average molecular weight is 276 g/mol. The molecule has 20 heavy (non-hydrogen) atoms. The summed E-state index contributed by atoms with van der Waals surface area (Å²) < 4.78 is 0. The van der Waals surface area contributed by atoms with E-state index in [2.05, 4.69) is 20.0 Å². The molecule has 1 fully saturated rings. The van der Waals surface area contributed by atoms with Crippen LogP contribution in [0.5, 0.6) is 0 Å². The highest BCUT2D eigenvalue weighted by Gasteiger charge is 2.32. The molecule has 1 aliphatic rings. The molecule has 104 valence electrons. The van der Waals surface area contributed by atoms with Crippen molar-refractivity contribution in [3.05, 3.63) is 0 Å². The van der Waals surface area contributed by atoms with Crippen molar-refractivity contribution >= 4 is 24.3 Å². The van der Waals surface area contributed by atoms with Crippen LogP contribution in [0.1, 0.15) is 25.7 Å². The molecule has 0 radical (unpaired) electrons. The third kappa shape index (κ3) is 4.32. The van der Waals surface area contributed by atoms with Crippen LogP contribution in [0.25, 0.3) is 0 Å². The third-order valence-electron chi connectivity index (χ3n) is 3.34. The highest BCUT2D eigenvalue weighted by molar-refractivity contribution is 5.38. The van der Waals surface area contributed by atoms with E-state index >= 15 is 0 Å². The average Bonchev–Trinajstić information content (AvgIpc) is 2.47. The predicted molar refractivity (Wildman–Crippen MR) is 65.5 cm³/mol. The van der Waals surface area contributed by atoms with E-state index in [4.69, 9.17) is 0 Å². The summed E-state index contributed by atoms with van der Waals surface area (Å²) in [6, 6.07) is 0. The van der Waals surface area contributed by atoms with E-state index in [1.807, 2.05) is 0 Å². The Labute approximate surface area is 114 Å². The molecule has 1 saturated carbocycles. The van der Waals surface area contributed by atoms with E-state index in [-0.39, 0.29) is 11.8 Å². The lowest BCUT2D eigenvalue weighted by Crippen LogP contribution is -2.29. The summed E-state index contributed by atoms with van der Waals surface area (Å²) in [4.78, 5) is 55.2. The molecule has 0 bridgehead atoms. The Morgan fingerprint density at radius 2 is 1.05 bits per heavy atom. The minimum atomic E-state index is -0.839. The third-order valence-corrected chi connectivity index (χ3v) is 3.34. The summed E-state index contributed by atoms with van der Waals surface area (Å²) in [7, 11) is 0. The minimum Gasteiger partial charge on any atom is -0.211 e. The fraction of sp³-hybridized carbons (Fsp3) is 0.667. The fourth-order valence-electron chi connectivity index (χ4n) is 2.50. The molecule has 8 nitrogen and oxygen atoms in total. The van der Waals surface area contributed by atoms with Crippen LogP contribution in [0.3, 0.4) is 0 Å². The molecule has 0 aliphatic heterocycles. The summed E-state index contributed by atoms with van der Waals surface area (Å²) in [5, 5.41) is 0. The standard InChI is InChI=1S/C12H12N4O4/c17-5-13-11(14-6-18)9-2-1-3-10(4-9)12(15-7-19)16-8-20/h9-12H,1-4H2. The van der Waals surface area contributed by atoms with Gasteiger partial charge in [-0.05, 0) is 19.3 Å². The van der Waals surface area contributed by atoms with E-state index in [0.717, 1.165) is 6.42 Å². The molecule has 1 rings (SSSR count). The van der Waals surface area contributed by atoms with Crippen LogP contribution in [0.4, 0.5) is 0 Å². The number of isocyanates is 4. The molecular formula is C12H12N4O4. The van der Waals surface area contributed by atoms with Crippen molar-refractivity contribution in [3.8, 4) is 0 Å². The second-order valence-electron chi connectivity index (χ2n) is 4.40. The number of rotatable bonds is 6. The molecule has 2 unspecified atom stereocenters. The molecule has 2 atom stereocenters. The van der Waals surface area contributed by atoms with Crippen molar-refractivity contribution < 1.29 is 19.2 Å². The van der Waals surface area contributed by atoms with Crippen LogP contribution in [0, 0.1) is 11.8 Å². The van der Waals surface area contributed by atoms with Crippen LogP contribution < -0.4 is 0 Å². The summed E-state index contributed by atoms with van der Waals surface area (Å²) in [5.74, 6) is -0.356. The predicted octanol–water partition coefficient (Wildman–Crippen LogP) is 0.788. The summed E-state index contributed by atoms with van der Waals surface area (Å²) in [5.41, 5.74) is 0. The van der Waals surface area contributed by atoms with Crippen LogP contribution in [0.2, 0.25) is 0 Å².